The molecule has 5 aliphatic rings. The van der Waals surface area contributed by atoms with Gasteiger partial charge in [-0.25, -0.2) is 0 Å². The number of nitrogens with two attached hydrogens (primary N) is 1. The molecule has 4 fully saturated rings. The molecule has 6 rings (SSSR count). The molecule has 0 aromatic heterocycles. The minimum absolute atomic E-state index is 0.190. The first-order valence-corrected chi connectivity index (χ1v) is 9.21. The molecule has 3 amide bonds. The Morgan fingerprint density at radius 2 is 1.85 bits per heavy atom. The van der Waals surface area contributed by atoms with Crippen LogP contribution in [0.3, 0.4) is 0 Å². The van der Waals surface area contributed by atoms with Gasteiger partial charge in [0.15, 0.2) is 0 Å². The van der Waals surface area contributed by atoms with E-state index in [9.17, 15) is 14.4 Å². The second-order valence-corrected chi connectivity index (χ2v) is 8.40. The molecule has 1 aliphatic carbocycles. The Balaban J connectivity index is 1.31. The second kappa shape index (κ2) is 5.30. The Bertz CT molecular complexity index is 799. The van der Waals surface area contributed by atoms with Crippen LogP contribution in [0.4, 0.5) is 5.69 Å². The molecular formula is C19H22N4O3. The van der Waals surface area contributed by atoms with Crippen molar-refractivity contribution in [1.82, 2.24) is 15.1 Å². The lowest BCUT2D eigenvalue weighted by molar-refractivity contribution is -0.128. The lowest BCUT2D eigenvalue weighted by Gasteiger charge is -2.58. The fraction of sp³-hybridized carbons (Fsp3) is 0.526. The van der Waals surface area contributed by atoms with Crippen molar-refractivity contribution in [2.45, 2.75) is 24.8 Å². The van der Waals surface area contributed by atoms with Gasteiger partial charge in [-0.15, -0.1) is 0 Å². The van der Waals surface area contributed by atoms with Crippen LogP contribution < -0.4 is 11.1 Å². The third-order valence-corrected chi connectivity index (χ3v) is 6.29. The quantitative estimate of drug-likeness (QED) is 0.607. The first-order valence-electron chi connectivity index (χ1n) is 9.21. The van der Waals surface area contributed by atoms with E-state index >= 15 is 0 Å². The van der Waals surface area contributed by atoms with Gasteiger partial charge in [0, 0.05) is 25.3 Å². The normalized spacial score (nSPS) is 34.3. The minimum atomic E-state index is -0.443. The molecule has 2 unspecified atom stereocenters. The summed E-state index contributed by atoms with van der Waals surface area (Å²) in [5, 5.41) is 3.18. The van der Waals surface area contributed by atoms with Gasteiger partial charge in [-0.3, -0.25) is 19.3 Å². The molecule has 1 aromatic carbocycles. The molecule has 4 aliphatic heterocycles. The van der Waals surface area contributed by atoms with Gasteiger partial charge >= 0.3 is 0 Å². The van der Waals surface area contributed by atoms with Crippen LogP contribution in [-0.4, -0.2) is 59.2 Å². The van der Waals surface area contributed by atoms with E-state index in [-0.39, 0.29) is 23.6 Å². The van der Waals surface area contributed by atoms with Gasteiger partial charge in [0.1, 0.15) is 6.54 Å². The van der Waals surface area contributed by atoms with E-state index in [0.717, 1.165) is 37.4 Å². The summed E-state index contributed by atoms with van der Waals surface area (Å²) >= 11 is 0. The molecule has 26 heavy (non-hydrogen) atoms. The predicted molar refractivity (Wildman–Crippen MR) is 94.4 cm³/mol. The summed E-state index contributed by atoms with van der Waals surface area (Å²) in [6, 6.07) is 4.65. The number of carbonyl (C=O) groups is 3. The first kappa shape index (κ1) is 15.8. The number of carbonyl (C=O) groups excluding carboxylic acids is 3. The Morgan fingerprint density at radius 3 is 2.54 bits per heavy atom. The molecule has 0 radical (unpaired) electrons. The summed E-state index contributed by atoms with van der Waals surface area (Å²) in [7, 11) is 0. The predicted octanol–water partition coefficient (Wildman–Crippen LogP) is 0.465. The van der Waals surface area contributed by atoms with Crippen molar-refractivity contribution >= 4 is 23.4 Å². The molecule has 7 heteroatoms. The molecule has 136 valence electrons. The molecule has 3 saturated heterocycles. The third-order valence-electron chi connectivity index (χ3n) is 6.29. The molecule has 7 nitrogen and oxygen atoms in total. The van der Waals surface area contributed by atoms with Gasteiger partial charge in [0.25, 0.3) is 11.8 Å². The topological polar surface area (TPSA) is 95.7 Å². The molecule has 4 bridgehead atoms. The highest BCUT2D eigenvalue weighted by Gasteiger charge is 2.51. The van der Waals surface area contributed by atoms with Gasteiger partial charge in [-0.05, 0) is 49.3 Å². The van der Waals surface area contributed by atoms with E-state index < -0.39 is 11.8 Å². The van der Waals surface area contributed by atoms with Crippen LogP contribution in [0.15, 0.2) is 18.2 Å². The number of hydrogen-bond acceptors (Lipinski definition) is 5. The van der Waals surface area contributed by atoms with Crippen molar-refractivity contribution in [1.29, 1.82) is 0 Å². The van der Waals surface area contributed by atoms with Crippen molar-refractivity contribution in [2.75, 3.05) is 31.9 Å². The van der Waals surface area contributed by atoms with E-state index in [1.807, 2.05) is 0 Å². The fourth-order valence-electron chi connectivity index (χ4n) is 5.67. The third kappa shape index (κ3) is 2.34. The molecule has 2 atom stereocenters. The zero-order valence-electron chi connectivity index (χ0n) is 14.5. The van der Waals surface area contributed by atoms with Gasteiger partial charge in [0.2, 0.25) is 5.91 Å². The highest BCUT2D eigenvalue weighted by Crippen LogP contribution is 2.45. The Morgan fingerprint density at radius 1 is 1.15 bits per heavy atom. The Kier molecular flexibility index (Phi) is 3.22. The van der Waals surface area contributed by atoms with Crippen LogP contribution in [0, 0.1) is 11.8 Å². The summed E-state index contributed by atoms with van der Waals surface area (Å²) in [5.74, 6) is 0.185. The molecule has 0 spiro atoms. The second-order valence-electron chi connectivity index (χ2n) is 8.40. The number of fused-ring (bicyclic) bond motifs is 1. The lowest BCUT2D eigenvalue weighted by atomic mass is 9.64. The van der Waals surface area contributed by atoms with Gasteiger partial charge in [0.05, 0.1) is 16.7 Å². The SMILES string of the molecule is Nc1ccc2c(c1)C(=O)N(CC(=O)NC13CC4CC(CN(C4)C1)C3)C2=O. The number of hydrogen-bond donors (Lipinski definition) is 2. The standard InChI is InChI=1S/C19H22N4O3/c20-13-1-2-14-15(4-13)18(26)23(17(14)25)9-16(24)21-19-5-11-3-12(6-19)8-22(7-11)10-19/h1-2,4,11-12H,3,5-10,20H2,(H,21,24). The van der Waals surface area contributed by atoms with E-state index in [2.05, 4.69) is 10.2 Å². The number of rotatable bonds is 3. The number of nitrogen functional groups attached to an aromatic ring is 1. The van der Waals surface area contributed by atoms with E-state index in [1.54, 1.807) is 12.1 Å². The van der Waals surface area contributed by atoms with Crippen molar-refractivity contribution in [3.05, 3.63) is 29.3 Å². The monoisotopic (exact) mass is 354 g/mol. The maximum Gasteiger partial charge on any atom is 0.262 e. The van der Waals surface area contributed by atoms with E-state index in [4.69, 9.17) is 5.73 Å². The summed E-state index contributed by atoms with van der Waals surface area (Å²) in [6.07, 6.45) is 3.27. The smallest absolute Gasteiger partial charge is 0.262 e. The van der Waals surface area contributed by atoms with Gasteiger partial charge in [-0.2, -0.15) is 0 Å². The van der Waals surface area contributed by atoms with Crippen molar-refractivity contribution in [3.63, 3.8) is 0 Å². The van der Waals surface area contributed by atoms with Crippen LogP contribution in [0.25, 0.3) is 0 Å². The van der Waals surface area contributed by atoms with Gasteiger partial charge < -0.3 is 16.0 Å². The maximum atomic E-state index is 12.7. The number of piperidine rings is 3. The summed E-state index contributed by atoms with van der Waals surface area (Å²) in [6.45, 7) is 2.91. The number of nitrogens with one attached hydrogen (secondary N) is 1. The average molecular weight is 354 g/mol. The highest BCUT2D eigenvalue weighted by molar-refractivity contribution is 6.22. The fourth-order valence-corrected chi connectivity index (χ4v) is 5.67. The summed E-state index contributed by atoms with van der Waals surface area (Å²) in [5.41, 5.74) is 6.55. The largest absolute Gasteiger partial charge is 0.399 e. The summed E-state index contributed by atoms with van der Waals surface area (Å²) in [4.78, 5) is 41.2. The minimum Gasteiger partial charge on any atom is -0.399 e. The van der Waals surface area contributed by atoms with Crippen LogP contribution in [0.1, 0.15) is 40.0 Å². The number of imide groups is 1. The Labute approximate surface area is 151 Å². The summed E-state index contributed by atoms with van der Waals surface area (Å²) < 4.78 is 0. The maximum absolute atomic E-state index is 12.7. The Hall–Kier alpha value is -2.41. The van der Waals surface area contributed by atoms with Crippen molar-refractivity contribution in [2.24, 2.45) is 11.8 Å². The van der Waals surface area contributed by atoms with E-state index in [0.29, 0.717) is 23.1 Å². The van der Waals surface area contributed by atoms with Crippen LogP contribution >= 0.6 is 0 Å². The highest BCUT2D eigenvalue weighted by atomic mass is 16.2. The van der Waals surface area contributed by atoms with Crippen LogP contribution in [-0.2, 0) is 4.79 Å². The molecule has 4 heterocycles. The zero-order valence-corrected chi connectivity index (χ0v) is 14.5. The van der Waals surface area contributed by atoms with Gasteiger partial charge in [-0.1, -0.05) is 0 Å². The zero-order chi connectivity index (χ0) is 18.1. The van der Waals surface area contributed by atoms with Crippen LogP contribution in [0.5, 0.6) is 0 Å². The molecule has 3 N–H and O–H groups in total. The van der Waals surface area contributed by atoms with E-state index in [1.165, 1.54) is 12.5 Å². The number of benzene rings is 1. The van der Waals surface area contributed by atoms with Crippen molar-refractivity contribution in [3.8, 4) is 0 Å². The average Bonchev–Trinajstić information content (AvgIpc) is 2.77. The number of anilines is 1. The number of amides is 3. The molecule has 1 aromatic rings. The molecule has 1 saturated carbocycles. The lowest BCUT2D eigenvalue weighted by Crippen LogP contribution is -2.69. The molecular weight excluding hydrogens is 332 g/mol. The first-order chi connectivity index (χ1) is 12.4. The van der Waals surface area contributed by atoms with Crippen LogP contribution in [0.2, 0.25) is 0 Å². The number of nitrogens with zero attached hydrogens (tertiary/aromatic N) is 2. The van der Waals surface area contributed by atoms with Crippen molar-refractivity contribution < 1.29 is 14.4 Å².